The summed E-state index contributed by atoms with van der Waals surface area (Å²) >= 11 is 0. The molecule has 2 fully saturated rings. The van der Waals surface area contributed by atoms with Gasteiger partial charge in [0.25, 0.3) is 0 Å². The van der Waals surface area contributed by atoms with E-state index in [-0.39, 0.29) is 5.60 Å². The van der Waals surface area contributed by atoms with Crippen molar-refractivity contribution >= 4 is 0 Å². The Kier molecular flexibility index (Phi) is 5.05. The third-order valence-corrected chi connectivity index (χ3v) is 4.66. The maximum Gasteiger partial charge on any atom is 0.0902 e. The Labute approximate surface area is 112 Å². The molecule has 0 aromatic heterocycles. The first-order valence-corrected chi connectivity index (χ1v) is 7.66. The molecule has 0 spiro atoms. The van der Waals surface area contributed by atoms with E-state index in [9.17, 15) is 0 Å². The molecule has 2 saturated heterocycles. The summed E-state index contributed by atoms with van der Waals surface area (Å²) in [6.07, 6.45) is 4.15. The van der Waals surface area contributed by atoms with E-state index in [1.807, 2.05) is 0 Å². The van der Waals surface area contributed by atoms with Crippen LogP contribution in [0.3, 0.4) is 0 Å². The van der Waals surface area contributed by atoms with Crippen molar-refractivity contribution in [2.24, 2.45) is 11.8 Å². The molecule has 2 aliphatic rings. The molecule has 2 heterocycles. The van der Waals surface area contributed by atoms with Crippen molar-refractivity contribution in [1.82, 2.24) is 10.2 Å². The Morgan fingerprint density at radius 3 is 2.67 bits per heavy atom. The topological polar surface area (TPSA) is 24.5 Å². The fourth-order valence-electron chi connectivity index (χ4n) is 3.07. The highest BCUT2D eigenvalue weighted by molar-refractivity contribution is 4.90. The second-order valence-electron chi connectivity index (χ2n) is 6.68. The zero-order chi connectivity index (χ0) is 13.0. The predicted octanol–water partition coefficient (Wildman–Crippen LogP) is 2.12. The molecular weight excluding hydrogens is 224 g/mol. The van der Waals surface area contributed by atoms with E-state index in [0.717, 1.165) is 38.1 Å². The molecule has 0 aliphatic carbocycles. The maximum absolute atomic E-state index is 5.98. The highest BCUT2D eigenvalue weighted by atomic mass is 16.5. The zero-order valence-electron chi connectivity index (χ0n) is 12.4. The highest BCUT2D eigenvalue weighted by Gasteiger charge is 2.32. The number of ether oxygens (including phenoxy) is 1. The molecule has 3 heteroatoms. The van der Waals surface area contributed by atoms with E-state index in [2.05, 4.69) is 31.0 Å². The van der Waals surface area contributed by atoms with Crippen LogP contribution < -0.4 is 5.32 Å². The minimum Gasteiger partial charge on any atom is -0.371 e. The molecule has 2 rings (SSSR count). The molecule has 0 saturated carbocycles. The number of nitrogens with zero attached hydrogens (tertiary/aromatic N) is 1. The van der Waals surface area contributed by atoms with Crippen molar-refractivity contribution in [3.63, 3.8) is 0 Å². The first-order chi connectivity index (χ1) is 8.59. The number of likely N-dealkylation sites (tertiary alicyclic amines) is 1. The van der Waals surface area contributed by atoms with Crippen molar-refractivity contribution < 1.29 is 4.74 Å². The molecule has 0 aromatic rings. The molecular formula is C15H30N2O. The van der Waals surface area contributed by atoms with Crippen molar-refractivity contribution in [2.45, 2.75) is 45.6 Å². The lowest BCUT2D eigenvalue weighted by Gasteiger charge is -2.39. The van der Waals surface area contributed by atoms with E-state index in [4.69, 9.17) is 4.74 Å². The normalized spacial score (nSPS) is 29.0. The summed E-state index contributed by atoms with van der Waals surface area (Å²) in [5, 5.41) is 3.28. The second-order valence-corrected chi connectivity index (χ2v) is 6.68. The van der Waals surface area contributed by atoms with E-state index < -0.39 is 0 Å². The van der Waals surface area contributed by atoms with Gasteiger partial charge in [-0.3, -0.25) is 0 Å². The average Bonchev–Trinajstić information content (AvgIpc) is 2.52. The van der Waals surface area contributed by atoms with Crippen LogP contribution in [0.4, 0.5) is 0 Å². The van der Waals surface area contributed by atoms with Crippen molar-refractivity contribution in [2.75, 3.05) is 39.3 Å². The molecule has 1 unspecified atom stereocenters. The van der Waals surface area contributed by atoms with Gasteiger partial charge in [-0.1, -0.05) is 13.8 Å². The third-order valence-electron chi connectivity index (χ3n) is 4.66. The summed E-state index contributed by atoms with van der Waals surface area (Å²) < 4.78 is 5.98. The molecule has 0 amide bonds. The second kappa shape index (κ2) is 6.36. The van der Waals surface area contributed by atoms with Crippen LogP contribution in [-0.2, 0) is 4.74 Å². The van der Waals surface area contributed by atoms with Crippen LogP contribution in [-0.4, -0.2) is 49.8 Å². The maximum atomic E-state index is 5.98. The largest absolute Gasteiger partial charge is 0.371 e. The predicted molar refractivity (Wildman–Crippen MR) is 75.8 cm³/mol. The van der Waals surface area contributed by atoms with Gasteiger partial charge in [0.1, 0.15) is 0 Å². The fraction of sp³-hybridized carbons (Fsp3) is 1.00. The summed E-state index contributed by atoms with van der Waals surface area (Å²) in [5.74, 6) is 1.78. The number of hydrogen-bond acceptors (Lipinski definition) is 3. The summed E-state index contributed by atoms with van der Waals surface area (Å²) in [4.78, 5) is 2.60. The van der Waals surface area contributed by atoms with Gasteiger partial charge in [-0.15, -0.1) is 0 Å². The SMILES string of the molecule is CC(C)C1CCCN(CCOC2(C)CNC2)CC1. The van der Waals surface area contributed by atoms with Crippen LogP contribution in [0.25, 0.3) is 0 Å². The number of nitrogens with one attached hydrogen (secondary N) is 1. The summed E-state index contributed by atoms with van der Waals surface area (Å²) in [6.45, 7) is 13.5. The fourth-order valence-corrected chi connectivity index (χ4v) is 3.07. The van der Waals surface area contributed by atoms with Gasteiger partial charge >= 0.3 is 0 Å². The lowest BCUT2D eigenvalue weighted by molar-refractivity contribution is -0.0720. The highest BCUT2D eigenvalue weighted by Crippen LogP contribution is 2.24. The van der Waals surface area contributed by atoms with Gasteiger partial charge in [0.15, 0.2) is 0 Å². The molecule has 0 aromatic carbocycles. The minimum atomic E-state index is 0.117. The van der Waals surface area contributed by atoms with Crippen LogP contribution >= 0.6 is 0 Å². The van der Waals surface area contributed by atoms with E-state index in [0.29, 0.717) is 0 Å². The molecule has 106 valence electrons. The zero-order valence-corrected chi connectivity index (χ0v) is 12.4. The number of rotatable bonds is 5. The van der Waals surface area contributed by atoms with Gasteiger partial charge < -0.3 is 15.0 Å². The molecule has 1 N–H and O–H groups in total. The van der Waals surface area contributed by atoms with Crippen molar-refractivity contribution in [3.05, 3.63) is 0 Å². The van der Waals surface area contributed by atoms with E-state index in [1.54, 1.807) is 0 Å². The van der Waals surface area contributed by atoms with Crippen molar-refractivity contribution in [3.8, 4) is 0 Å². The smallest absolute Gasteiger partial charge is 0.0902 e. The number of hydrogen-bond donors (Lipinski definition) is 1. The molecule has 0 radical (unpaired) electrons. The lowest BCUT2D eigenvalue weighted by Crippen LogP contribution is -2.59. The summed E-state index contributed by atoms with van der Waals surface area (Å²) in [6, 6.07) is 0. The quantitative estimate of drug-likeness (QED) is 0.813. The van der Waals surface area contributed by atoms with Crippen LogP contribution in [0.15, 0.2) is 0 Å². The van der Waals surface area contributed by atoms with E-state index >= 15 is 0 Å². The van der Waals surface area contributed by atoms with Crippen LogP contribution in [0.5, 0.6) is 0 Å². The molecule has 2 aliphatic heterocycles. The third kappa shape index (κ3) is 3.94. The lowest BCUT2D eigenvalue weighted by atomic mass is 9.89. The van der Waals surface area contributed by atoms with Gasteiger partial charge in [0.2, 0.25) is 0 Å². The standard InChI is InChI=1S/C15H30N2O/c1-13(2)14-5-4-7-17(8-6-14)9-10-18-15(3)11-16-12-15/h13-14,16H,4-12H2,1-3H3. The first kappa shape index (κ1) is 14.3. The Balaban J connectivity index is 1.64. The van der Waals surface area contributed by atoms with Gasteiger partial charge in [-0.05, 0) is 51.1 Å². The summed E-state index contributed by atoms with van der Waals surface area (Å²) in [5.41, 5.74) is 0.117. The van der Waals surface area contributed by atoms with Gasteiger partial charge in [-0.25, -0.2) is 0 Å². The van der Waals surface area contributed by atoms with Gasteiger partial charge in [0, 0.05) is 19.6 Å². The Morgan fingerprint density at radius 1 is 1.28 bits per heavy atom. The average molecular weight is 254 g/mol. The van der Waals surface area contributed by atoms with Crippen molar-refractivity contribution in [1.29, 1.82) is 0 Å². The van der Waals surface area contributed by atoms with Crippen LogP contribution in [0.1, 0.15) is 40.0 Å². The summed E-state index contributed by atoms with van der Waals surface area (Å²) in [7, 11) is 0. The molecule has 3 nitrogen and oxygen atoms in total. The van der Waals surface area contributed by atoms with E-state index in [1.165, 1.54) is 32.4 Å². The Bertz CT molecular complexity index is 251. The van der Waals surface area contributed by atoms with Crippen LogP contribution in [0, 0.1) is 11.8 Å². The first-order valence-electron chi connectivity index (χ1n) is 7.66. The monoisotopic (exact) mass is 254 g/mol. The minimum absolute atomic E-state index is 0.117. The van der Waals surface area contributed by atoms with Gasteiger partial charge in [0.05, 0.1) is 12.2 Å². The Hall–Kier alpha value is -0.120. The van der Waals surface area contributed by atoms with Crippen LogP contribution in [0.2, 0.25) is 0 Å². The molecule has 0 bridgehead atoms. The Morgan fingerprint density at radius 2 is 2.06 bits per heavy atom. The molecule has 1 atom stereocenters. The van der Waals surface area contributed by atoms with Gasteiger partial charge in [-0.2, -0.15) is 0 Å². The molecule has 18 heavy (non-hydrogen) atoms.